The molecule has 2 fully saturated rings. The lowest BCUT2D eigenvalue weighted by atomic mass is 9.89. The van der Waals surface area contributed by atoms with E-state index >= 15 is 0 Å². The highest BCUT2D eigenvalue weighted by molar-refractivity contribution is 7.99. The van der Waals surface area contributed by atoms with Crippen molar-refractivity contribution in [3.8, 4) is 0 Å². The Hall–Kier alpha value is 0.270. The highest BCUT2D eigenvalue weighted by Crippen LogP contribution is 2.37. The van der Waals surface area contributed by atoms with Crippen LogP contribution in [-0.4, -0.2) is 36.3 Å². The minimum absolute atomic E-state index is 0.193. The summed E-state index contributed by atoms with van der Waals surface area (Å²) in [6.07, 6.45) is 3.77. The Morgan fingerprint density at radius 1 is 1.62 bits per heavy atom. The van der Waals surface area contributed by atoms with Gasteiger partial charge in [0, 0.05) is 18.3 Å². The van der Waals surface area contributed by atoms with Gasteiger partial charge in [-0.05, 0) is 18.6 Å². The van der Waals surface area contributed by atoms with Crippen LogP contribution >= 0.6 is 11.8 Å². The molecule has 0 amide bonds. The average molecular weight is 201 g/mol. The zero-order valence-corrected chi connectivity index (χ0v) is 9.16. The molecule has 3 heteroatoms. The summed E-state index contributed by atoms with van der Waals surface area (Å²) in [5.41, 5.74) is 0.193. The van der Waals surface area contributed by atoms with Crippen LogP contribution in [0.3, 0.4) is 0 Å². The highest BCUT2D eigenvalue weighted by atomic mass is 32.2. The number of hydrogen-bond acceptors (Lipinski definition) is 3. The Labute approximate surface area is 84.8 Å². The molecule has 2 aliphatic rings. The van der Waals surface area contributed by atoms with Gasteiger partial charge in [0.15, 0.2) is 0 Å². The third-order valence-corrected chi connectivity index (χ3v) is 4.30. The fraction of sp³-hybridized carbons (Fsp3) is 1.00. The quantitative estimate of drug-likeness (QED) is 0.734. The third kappa shape index (κ3) is 1.88. The molecule has 0 aromatic carbocycles. The number of ether oxygens (including phenoxy) is 1. The van der Waals surface area contributed by atoms with Crippen LogP contribution in [0.2, 0.25) is 0 Å². The van der Waals surface area contributed by atoms with Crippen molar-refractivity contribution < 1.29 is 4.74 Å². The summed E-state index contributed by atoms with van der Waals surface area (Å²) in [6.45, 7) is 4.20. The van der Waals surface area contributed by atoms with E-state index in [1.165, 1.54) is 30.8 Å². The number of morpholine rings is 1. The molecule has 0 radical (unpaired) electrons. The van der Waals surface area contributed by atoms with Crippen molar-refractivity contribution in [1.82, 2.24) is 5.32 Å². The second-order valence-corrected chi connectivity index (χ2v) is 5.12. The molecule has 0 aromatic heterocycles. The van der Waals surface area contributed by atoms with E-state index in [4.69, 9.17) is 4.74 Å². The van der Waals surface area contributed by atoms with Crippen molar-refractivity contribution in [3.05, 3.63) is 0 Å². The van der Waals surface area contributed by atoms with E-state index in [9.17, 15) is 0 Å². The molecule has 2 rings (SSSR count). The Morgan fingerprint density at radius 3 is 3.23 bits per heavy atom. The summed E-state index contributed by atoms with van der Waals surface area (Å²) in [5.74, 6) is 2.48. The maximum absolute atomic E-state index is 6.01. The summed E-state index contributed by atoms with van der Waals surface area (Å²) in [6, 6.07) is 0.612. The first-order chi connectivity index (χ1) is 6.37. The number of hydrogen-bond donors (Lipinski definition) is 1. The van der Waals surface area contributed by atoms with E-state index in [2.05, 4.69) is 12.2 Å². The van der Waals surface area contributed by atoms with Crippen LogP contribution in [0.5, 0.6) is 0 Å². The molecule has 13 heavy (non-hydrogen) atoms. The van der Waals surface area contributed by atoms with Crippen LogP contribution < -0.4 is 5.32 Å². The first kappa shape index (κ1) is 9.81. The van der Waals surface area contributed by atoms with Gasteiger partial charge in [0.1, 0.15) is 0 Å². The van der Waals surface area contributed by atoms with Crippen molar-refractivity contribution in [2.24, 2.45) is 0 Å². The molecule has 2 heterocycles. The van der Waals surface area contributed by atoms with Gasteiger partial charge in [-0.1, -0.05) is 13.3 Å². The highest BCUT2D eigenvalue weighted by Gasteiger charge is 2.43. The second-order valence-electron chi connectivity index (χ2n) is 4.01. The van der Waals surface area contributed by atoms with E-state index in [1.54, 1.807) is 0 Å². The first-order valence-corrected chi connectivity index (χ1v) is 6.48. The van der Waals surface area contributed by atoms with E-state index in [-0.39, 0.29) is 5.60 Å². The molecular formula is C10H19NOS. The van der Waals surface area contributed by atoms with Gasteiger partial charge in [-0.3, -0.25) is 0 Å². The van der Waals surface area contributed by atoms with E-state index in [0.29, 0.717) is 6.04 Å². The maximum atomic E-state index is 6.01. The zero-order chi connectivity index (χ0) is 9.15. The normalized spacial score (nSPS) is 39.9. The molecule has 2 atom stereocenters. The molecule has 0 saturated carbocycles. The van der Waals surface area contributed by atoms with Crippen LogP contribution in [-0.2, 0) is 4.74 Å². The Balaban J connectivity index is 2.03. The van der Waals surface area contributed by atoms with Gasteiger partial charge in [0.25, 0.3) is 0 Å². The van der Waals surface area contributed by atoms with Gasteiger partial charge >= 0.3 is 0 Å². The van der Waals surface area contributed by atoms with Gasteiger partial charge in [-0.25, -0.2) is 0 Å². The molecule has 2 nitrogen and oxygen atoms in total. The molecule has 0 aromatic rings. The predicted octanol–water partition coefficient (Wildman–Crippen LogP) is 1.65. The molecule has 1 N–H and O–H groups in total. The largest absolute Gasteiger partial charge is 0.371 e. The first-order valence-electron chi connectivity index (χ1n) is 5.32. The number of nitrogens with one attached hydrogen (secondary N) is 1. The zero-order valence-electron chi connectivity index (χ0n) is 8.34. The molecule has 1 spiro atoms. The van der Waals surface area contributed by atoms with Crippen molar-refractivity contribution in [3.63, 3.8) is 0 Å². The molecule has 0 aliphatic carbocycles. The predicted molar refractivity (Wildman–Crippen MR) is 57.3 cm³/mol. The Bertz CT molecular complexity index is 166. The van der Waals surface area contributed by atoms with Crippen molar-refractivity contribution in [2.75, 3.05) is 24.7 Å². The lowest BCUT2D eigenvalue weighted by Crippen LogP contribution is -2.58. The van der Waals surface area contributed by atoms with Crippen molar-refractivity contribution in [1.29, 1.82) is 0 Å². The topological polar surface area (TPSA) is 21.3 Å². The van der Waals surface area contributed by atoms with Gasteiger partial charge in [0.05, 0.1) is 12.2 Å². The number of thioether (sulfide) groups is 1. The summed E-state index contributed by atoms with van der Waals surface area (Å²) in [7, 11) is 0. The molecule has 2 saturated heterocycles. The second kappa shape index (κ2) is 4.20. The Kier molecular flexibility index (Phi) is 3.17. The van der Waals surface area contributed by atoms with Crippen LogP contribution in [0.4, 0.5) is 0 Å². The molecule has 2 aliphatic heterocycles. The van der Waals surface area contributed by atoms with Gasteiger partial charge in [-0.2, -0.15) is 11.8 Å². The van der Waals surface area contributed by atoms with Crippen LogP contribution in [0.1, 0.15) is 26.2 Å². The molecular weight excluding hydrogens is 182 g/mol. The van der Waals surface area contributed by atoms with E-state index in [0.717, 1.165) is 13.2 Å². The number of rotatable bonds is 2. The standard InChI is InChI=1S/C10H19NOS/c1-2-3-9-10(4-7-13-8-10)12-6-5-11-9/h9,11H,2-8H2,1H3. The Morgan fingerprint density at radius 2 is 2.54 bits per heavy atom. The molecule has 2 unspecified atom stereocenters. The van der Waals surface area contributed by atoms with Gasteiger partial charge in [-0.15, -0.1) is 0 Å². The lowest BCUT2D eigenvalue weighted by Gasteiger charge is -2.41. The minimum atomic E-state index is 0.193. The fourth-order valence-electron chi connectivity index (χ4n) is 2.38. The lowest BCUT2D eigenvalue weighted by molar-refractivity contribution is -0.0801. The maximum Gasteiger partial charge on any atom is 0.0932 e. The monoisotopic (exact) mass is 201 g/mol. The van der Waals surface area contributed by atoms with Gasteiger partial charge < -0.3 is 10.1 Å². The smallest absolute Gasteiger partial charge is 0.0932 e. The molecule has 0 bridgehead atoms. The SMILES string of the molecule is CCCC1NCCOC12CCSC2. The van der Waals surface area contributed by atoms with Gasteiger partial charge in [0.2, 0.25) is 0 Å². The van der Waals surface area contributed by atoms with Crippen molar-refractivity contribution >= 4 is 11.8 Å². The summed E-state index contributed by atoms with van der Waals surface area (Å²) in [4.78, 5) is 0. The molecule has 76 valence electrons. The minimum Gasteiger partial charge on any atom is -0.371 e. The van der Waals surface area contributed by atoms with E-state index in [1.807, 2.05) is 11.8 Å². The van der Waals surface area contributed by atoms with Crippen molar-refractivity contribution in [2.45, 2.75) is 37.8 Å². The van der Waals surface area contributed by atoms with Crippen LogP contribution in [0.15, 0.2) is 0 Å². The van der Waals surface area contributed by atoms with Crippen LogP contribution in [0.25, 0.3) is 0 Å². The summed E-state index contributed by atoms with van der Waals surface area (Å²) < 4.78 is 6.01. The summed E-state index contributed by atoms with van der Waals surface area (Å²) >= 11 is 2.04. The fourth-order valence-corrected chi connectivity index (χ4v) is 3.79. The third-order valence-electron chi connectivity index (χ3n) is 3.11. The average Bonchev–Trinajstić information content (AvgIpc) is 2.59. The van der Waals surface area contributed by atoms with Crippen LogP contribution in [0, 0.1) is 0 Å². The van der Waals surface area contributed by atoms with E-state index < -0.39 is 0 Å². The summed E-state index contributed by atoms with van der Waals surface area (Å²) in [5, 5.41) is 3.61.